The van der Waals surface area contributed by atoms with Crippen molar-refractivity contribution in [2.45, 2.75) is 70.5 Å². The van der Waals surface area contributed by atoms with Crippen molar-refractivity contribution in [3.63, 3.8) is 0 Å². The second kappa shape index (κ2) is 6.37. The largest absolute Gasteiger partial charge is 0.303 e. The van der Waals surface area contributed by atoms with Crippen molar-refractivity contribution in [1.29, 1.82) is 5.26 Å². The lowest BCUT2D eigenvalue weighted by molar-refractivity contribution is 0.0857. The van der Waals surface area contributed by atoms with Crippen LogP contribution >= 0.6 is 0 Å². The molecule has 98 valence electrons. The molecule has 0 amide bonds. The van der Waals surface area contributed by atoms with E-state index in [0.29, 0.717) is 6.04 Å². The van der Waals surface area contributed by atoms with E-state index < -0.39 is 5.54 Å². The second-order valence-electron chi connectivity index (χ2n) is 5.54. The van der Waals surface area contributed by atoms with E-state index in [0.717, 1.165) is 12.5 Å². The van der Waals surface area contributed by atoms with Gasteiger partial charge in [0.05, 0.1) is 6.07 Å². The van der Waals surface area contributed by atoms with E-state index in [4.69, 9.17) is 0 Å². The third-order valence-corrected chi connectivity index (χ3v) is 4.21. The molecule has 0 bridgehead atoms. The topological polar surface area (TPSA) is 39.1 Å². The summed E-state index contributed by atoms with van der Waals surface area (Å²) in [5, 5.41) is 12.4. The first-order chi connectivity index (χ1) is 8.06. The molecule has 3 unspecified atom stereocenters. The van der Waals surface area contributed by atoms with E-state index in [1.807, 2.05) is 14.0 Å². The number of likely N-dealkylation sites (tertiary alicyclic amines) is 1. The maximum Gasteiger partial charge on any atom is 0.105 e. The fraction of sp³-hybridized carbons (Fsp3) is 0.929. The molecule has 1 saturated heterocycles. The predicted octanol–water partition coefficient (Wildman–Crippen LogP) is 2.53. The van der Waals surface area contributed by atoms with E-state index in [2.05, 4.69) is 30.1 Å². The lowest BCUT2D eigenvalue weighted by Gasteiger charge is -2.41. The molecule has 17 heavy (non-hydrogen) atoms. The number of nitriles is 1. The number of hydrogen-bond acceptors (Lipinski definition) is 3. The summed E-state index contributed by atoms with van der Waals surface area (Å²) < 4.78 is 0. The normalized spacial score (nSPS) is 27.1. The fourth-order valence-corrected chi connectivity index (χ4v) is 2.95. The predicted molar refractivity (Wildman–Crippen MR) is 71.8 cm³/mol. The van der Waals surface area contributed by atoms with Gasteiger partial charge in [0.2, 0.25) is 0 Å². The Labute approximate surface area is 106 Å². The van der Waals surface area contributed by atoms with Gasteiger partial charge in [-0.1, -0.05) is 13.3 Å². The Bertz CT molecular complexity index is 271. The van der Waals surface area contributed by atoms with Crippen molar-refractivity contribution in [2.24, 2.45) is 0 Å². The first-order valence-corrected chi connectivity index (χ1v) is 6.92. The van der Waals surface area contributed by atoms with Gasteiger partial charge in [-0.2, -0.15) is 5.26 Å². The molecule has 1 aliphatic rings. The number of hydrogen-bond donors (Lipinski definition) is 1. The summed E-state index contributed by atoms with van der Waals surface area (Å²) in [6, 6.07) is 3.60. The van der Waals surface area contributed by atoms with Gasteiger partial charge in [-0.25, -0.2) is 0 Å². The van der Waals surface area contributed by atoms with Crippen LogP contribution < -0.4 is 5.32 Å². The van der Waals surface area contributed by atoms with Crippen LogP contribution in [0.4, 0.5) is 0 Å². The Morgan fingerprint density at radius 3 is 2.76 bits per heavy atom. The highest BCUT2D eigenvalue weighted by molar-refractivity contribution is 5.05. The molecule has 1 fully saturated rings. The van der Waals surface area contributed by atoms with Crippen LogP contribution in [0.1, 0.15) is 52.9 Å². The maximum absolute atomic E-state index is 9.22. The van der Waals surface area contributed by atoms with Gasteiger partial charge in [-0.15, -0.1) is 0 Å². The van der Waals surface area contributed by atoms with Crippen molar-refractivity contribution in [3.8, 4) is 6.07 Å². The van der Waals surface area contributed by atoms with Crippen LogP contribution in [0.15, 0.2) is 0 Å². The number of nitrogens with one attached hydrogen (secondary N) is 1. The highest BCUT2D eigenvalue weighted by atomic mass is 15.2. The van der Waals surface area contributed by atoms with Crippen LogP contribution in [-0.4, -0.2) is 36.1 Å². The summed E-state index contributed by atoms with van der Waals surface area (Å²) >= 11 is 0. The average molecular weight is 237 g/mol. The minimum Gasteiger partial charge on any atom is -0.303 e. The van der Waals surface area contributed by atoms with Gasteiger partial charge in [-0.05, 0) is 53.1 Å². The van der Waals surface area contributed by atoms with E-state index in [1.165, 1.54) is 32.2 Å². The van der Waals surface area contributed by atoms with Crippen LogP contribution in [0.25, 0.3) is 0 Å². The highest BCUT2D eigenvalue weighted by Gasteiger charge is 2.31. The quantitative estimate of drug-likeness (QED) is 0.798. The maximum atomic E-state index is 9.22. The molecule has 1 heterocycles. The van der Waals surface area contributed by atoms with Gasteiger partial charge in [0.25, 0.3) is 0 Å². The van der Waals surface area contributed by atoms with Crippen molar-refractivity contribution in [3.05, 3.63) is 0 Å². The van der Waals surface area contributed by atoms with Gasteiger partial charge < -0.3 is 5.32 Å². The standard InChI is InChI=1S/C14H27N3/c1-5-13-8-6-7-9-17(13)12(2)10-14(3,11-15)16-4/h12-13,16H,5-10H2,1-4H3. The molecule has 0 saturated carbocycles. The zero-order chi connectivity index (χ0) is 12.9. The summed E-state index contributed by atoms with van der Waals surface area (Å²) in [7, 11) is 1.88. The lowest BCUT2D eigenvalue weighted by atomic mass is 9.91. The highest BCUT2D eigenvalue weighted by Crippen LogP contribution is 2.25. The molecule has 1 rings (SSSR count). The molecule has 1 N–H and O–H groups in total. The van der Waals surface area contributed by atoms with Crippen LogP contribution in [-0.2, 0) is 0 Å². The van der Waals surface area contributed by atoms with Gasteiger partial charge in [0.1, 0.15) is 5.54 Å². The van der Waals surface area contributed by atoms with E-state index in [9.17, 15) is 5.26 Å². The zero-order valence-electron chi connectivity index (χ0n) is 11.8. The van der Waals surface area contributed by atoms with Crippen molar-refractivity contribution in [2.75, 3.05) is 13.6 Å². The van der Waals surface area contributed by atoms with E-state index in [1.54, 1.807) is 0 Å². The van der Waals surface area contributed by atoms with Gasteiger partial charge in [-0.3, -0.25) is 4.90 Å². The average Bonchev–Trinajstić information content (AvgIpc) is 2.38. The fourth-order valence-electron chi connectivity index (χ4n) is 2.95. The summed E-state index contributed by atoms with van der Waals surface area (Å²) in [5.41, 5.74) is -0.394. The molecule has 3 heteroatoms. The van der Waals surface area contributed by atoms with Crippen molar-refractivity contribution < 1.29 is 0 Å². The number of piperidine rings is 1. The molecule has 0 spiro atoms. The Hall–Kier alpha value is -0.590. The van der Waals surface area contributed by atoms with Crippen LogP contribution in [0.5, 0.6) is 0 Å². The molecule has 0 aromatic carbocycles. The Morgan fingerprint density at radius 1 is 1.53 bits per heavy atom. The third kappa shape index (κ3) is 3.69. The SMILES string of the molecule is CCC1CCCCN1C(C)CC(C)(C#N)NC. The molecule has 0 aromatic heterocycles. The first kappa shape index (κ1) is 14.5. The molecule has 3 atom stereocenters. The van der Waals surface area contributed by atoms with Gasteiger partial charge in [0.15, 0.2) is 0 Å². The zero-order valence-corrected chi connectivity index (χ0v) is 11.8. The minimum atomic E-state index is -0.394. The van der Waals surface area contributed by atoms with Gasteiger partial charge in [0, 0.05) is 12.1 Å². The van der Waals surface area contributed by atoms with Gasteiger partial charge >= 0.3 is 0 Å². The Balaban J connectivity index is 2.62. The summed E-state index contributed by atoms with van der Waals surface area (Å²) in [6.45, 7) is 7.73. The number of nitrogens with zero attached hydrogens (tertiary/aromatic N) is 2. The van der Waals surface area contributed by atoms with Crippen LogP contribution in [0.2, 0.25) is 0 Å². The third-order valence-electron chi connectivity index (χ3n) is 4.21. The van der Waals surface area contributed by atoms with E-state index >= 15 is 0 Å². The molecule has 1 aliphatic heterocycles. The van der Waals surface area contributed by atoms with E-state index in [-0.39, 0.29) is 0 Å². The van der Waals surface area contributed by atoms with Crippen molar-refractivity contribution >= 4 is 0 Å². The molecule has 0 aliphatic carbocycles. The smallest absolute Gasteiger partial charge is 0.105 e. The monoisotopic (exact) mass is 237 g/mol. The summed E-state index contributed by atoms with van der Waals surface area (Å²) in [6.07, 6.45) is 6.13. The minimum absolute atomic E-state index is 0.394. The molecular formula is C14H27N3. The lowest BCUT2D eigenvalue weighted by Crippen LogP contribution is -2.50. The summed E-state index contributed by atoms with van der Waals surface area (Å²) in [4.78, 5) is 2.61. The van der Waals surface area contributed by atoms with Crippen LogP contribution in [0, 0.1) is 11.3 Å². The number of rotatable bonds is 5. The molecular weight excluding hydrogens is 210 g/mol. The Morgan fingerprint density at radius 2 is 2.24 bits per heavy atom. The molecule has 0 aromatic rings. The molecule has 3 nitrogen and oxygen atoms in total. The Kier molecular flexibility index (Phi) is 5.42. The van der Waals surface area contributed by atoms with Crippen LogP contribution in [0.3, 0.4) is 0 Å². The first-order valence-electron chi connectivity index (χ1n) is 6.92. The molecule has 0 radical (unpaired) electrons. The second-order valence-corrected chi connectivity index (χ2v) is 5.54. The summed E-state index contributed by atoms with van der Waals surface area (Å²) in [5.74, 6) is 0. The van der Waals surface area contributed by atoms with Crippen molar-refractivity contribution in [1.82, 2.24) is 10.2 Å².